The van der Waals surface area contributed by atoms with Crippen molar-refractivity contribution in [2.45, 2.75) is 38.0 Å². The van der Waals surface area contributed by atoms with Crippen LogP contribution in [0.4, 0.5) is 10.1 Å². The molecule has 0 unspecified atom stereocenters. The summed E-state index contributed by atoms with van der Waals surface area (Å²) < 4.78 is 45.7. The van der Waals surface area contributed by atoms with Gasteiger partial charge < -0.3 is 9.64 Å². The lowest BCUT2D eigenvalue weighted by atomic mass is 10.1. The van der Waals surface area contributed by atoms with Crippen molar-refractivity contribution < 1.29 is 22.3 Å². The number of amides is 1. The van der Waals surface area contributed by atoms with E-state index in [-0.39, 0.29) is 23.0 Å². The Bertz CT molecular complexity index is 1040. The van der Waals surface area contributed by atoms with Crippen molar-refractivity contribution in [3.63, 3.8) is 0 Å². The summed E-state index contributed by atoms with van der Waals surface area (Å²) in [6, 6.07) is 9.64. The highest BCUT2D eigenvalue weighted by atomic mass is 32.2. The fourth-order valence-electron chi connectivity index (χ4n) is 3.76. The van der Waals surface area contributed by atoms with E-state index < -0.39 is 15.8 Å². The fraction of sp³-hybridized carbons (Fsp3) is 0.409. The van der Waals surface area contributed by atoms with Crippen molar-refractivity contribution in [1.82, 2.24) is 4.31 Å². The highest BCUT2D eigenvalue weighted by Crippen LogP contribution is 2.32. The maximum atomic E-state index is 13.8. The van der Waals surface area contributed by atoms with Gasteiger partial charge in [0.15, 0.2) is 11.6 Å². The molecule has 0 bridgehead atoms. The van der Waals surface area contributed by atoms with Crippen molar-refractivity contribution in [2.75, 3.05) is 31.6 Å². The molecule has 0 aliphatic carbocycles. The van der Waals surface area contributed by atoms with Gasteiger partial charge in [0.1, 0.15) is 0 Å². The number of halogens is 1. The average Bonchev–Trinajstić information content (AvgIpc) is 3.16. The summed E-state index contributed by atoms with van der Waals surface area (Å²) in [6.07, 6.45) is 1.27. The first-order valence-corrected chi connectivity index (χ1v) is 11.5. The Morgan fingerprint density at radius 3 is 2.53 bits per heavy atom. The molecule has 162 valence electrons. The third kappa shape index (κ3) is 4.34. The topological polar surface area (TPSA) is 66.9 Å². The van der Waals surface area contributed by atoms with Gasteiger partial charge in [-0.3, -0.25) is 4.79 Å². The van der Waals surface area contributed by atoms with E-state index in [4.69, 9.17) is 4.74 Å². The molecule has 8 heteroatoms. The molecule has 0 radical (unpaired) electrons. The number of fused-ring (bicyclic) bond motifs is 1. The predicted molar refractivity (Wildman–Crippen MR) is 114 cm³/mol. The molecule has 0 saturated heterocycles. The van der Waals surface area contributed by atoms with Crippen molar-refractivity contribution in [3.8, 4) is 5.75 Å². The molecule has 1 heterocycles. The van der Waals surface area contributed by atoms with Gasteiger partial charge in [-0.05, 0) is 54.3 Å². The Kier molecular flexibility index (Phi) is 6.77. The van der Waals surface area contributed by atoms with Crippen molar-refractivity contribution in [1.29, 1.82) is 0 Å². The minimum Gasteiger partial charge on any atom is -0.494 e. The number of carbonyl (C=O) groups excluding carboxylic acids is 1. The van der Waals surface area contributed by atoms with Gasteiger partial charge in [0.05, 0.1) is 12.0 Å². The van der Waals surface area contributed by atoms with Gasteiger partial charge >= 0.3 is 0 Å². The summed E-state index contributed by atoms with van der Waals surface area (Å²) in [6.45, 7) is 4.95. The number of benzene rings is 2. The summed E-state index contributed by atoms with van der Waals surface area (Å²) in [7, 11) is -2.12. The van der Waals surface area contributed by atoms with Crippen LogP contribution in [0.5, 0.6) is 5.75 Å². The molecule has 0 spiro atoms. The van der Waals surface area contributed by atoms with Gasteiger partial charge in [0, 0.05) is 31.7 Å². The molecule has 0 saturated carbocycles. The van der Waals surface area contributed by atoms with Crippen LogP contribution in [0.2, 0.25) is 0 Å². The Balaban J connectivity index is 1.72. The second kappa shape index (κ2) is 9.14. The van der Waals surface area contributed by atoms with Gasteiger partial charge in [0.2, 0.25) is 15.9 Å². The highest BCUT2D eigenvalue weighted by Gasteiger charge is 2.28. The number of hydrogen-bond donors (Lipinski definition) is 0. The third-order valence-corrected chi connectivity index (χ3v) is 7.48. The molecule has 3 rings (SSSR count). The number of aryl methyl sites for hydroxylation is 1. The number of nitrogens with zero attached hydrogens (tertiary/aromatic N) is 2. The van der Waals surface area contributed by atoms with Crippen LogP contribution in [-0.2, 0) is 27.7 Å². The van der Waals surface area contributed by atoms with Crippen LogP contribution in [0.3, 0.4) is 0 Å². The monoisotopic (exact) mass is 434 g/mol. The number of hydrogen-bond acceptors (Lipinski definition) is 4. The Morgan fingerprint density at radius 2 is 1.90 bits per heavy atom. The van der Waals surface area contributed by atoms with Crippen molar-refractivity contribution in [2.24, 2.45) is 0 Å². The minimum absolute atomic E-state index is 0.0654. The summed E-state index contributed by atoms with van der Waals surface area (Å²) in [4.78, 5) is 14.7. The van der Waals surface area contributed by atoms with Crippen LogP contribution in [0.25, 0.3) is 0 Å². The SMILES string of the molecule is CCN(CC)S(=O)(=O)c1ccc2c(c1)CCN2C(=O)CCc1ccc(OC)c(F)c1. The lowest BCUT2D eigenvalue weighted by Gasteiger charge is -2.20. The summed E-state index contributed by atoms with van der Waals surface area (Å²) in [5.41, 5.74) is 2.33. The van der Waals surface area contributed by atoms with Gasteiger partial charge in [-0.2, -0.15) is 4.31 Å². The lowest BCUT2D eigenvalue weighted by molar-refractivity contribution is -0.118. The zero-order valence-electron chi connectivity index (χ0n) is 17.5. The van der Waals surface area contributed by atoms with Crippen LogP contribution >= 0.6 is 0 Å². The van der Waals surface area contributed by atoms with E-state index in [1.807, 2.05) is 13.8 Å². The maximum absolute atomic E-state index is 13.8. The van der Waals surface area contributed by atoms with E-state index in [0.717, 1.165) is 16.8 Å². The molecule has 1 amide bonds. The van der Waals surface area contributed by atoms with E-state index in [0.29, 0.717) is 32.5 Å². The Labute approximate surface area is 177 Å². The van der Waals surface area contributed by atoms with Gasteiger partial charge in [-0.15, -0.1) is 0 Å². The van der Waals surface area contributed by atoms with Crippen LogP contribution in [0.15, 0.2) is 41.3 Å². The number of sulfonamides is 1. The number of rotatable bonds is 8. The molecule has 0 fully saturated rings. The van der Waals surface area contributed by atoms with Crippen LogP contribution < -0.4 is 9.64 Å². The van der Waals surface area contributed by atoms with E-state index in [1.54, 1.807) is 35.2 Å². The number of anilines is 1. The molecule has 0 N–H and O–H groups in total. The average molecular weight is 435 g/mol. The van der Waals surface area contributed by atoms with E-state index in [9.17, 15) is 17.6 Å². The zero-order valence-corrected chi connectivity index (χ0v) is 18.3. The normalized spacial score (nSPS) is 13.6. The number of ether oxygens (including phenoxy) is 1. The summed E-state index contributed by atoms with van der Waals surface area (Å²) >= 11 is 0. The van der Waals surface area contributed by atoms with E-state index in [2.05, 4.69) is 0 Å². The standard InChI is InChI=1S/C22H27FN2O4S/c1-4-24(5-2)30(27,28)18-8-9-20-17(15-18)12-13-25(20)22(26)11-7-16-6-10-21(29-3)19(23)14-16/h6,8-10,14-15H,4-5,7,11-13H2,1-3H3. The zero-order chi connectivity index (χ0) is 21.9. The largest absolute Gasteiger partial charge is 0.494 e. The lowest BCUT2D eigenvalue weighted by Crippen LogP contribution is -2.30. The molecule has 6 nitrogen and oxygen atoms in total. The second-order valence-electron chi connectivity index (χ2n) is 7.14. The summed E-state index contributed by atoms with van der Waals surface area (Å²) in [5, 5.41) is 0. The Morgan fingerprint density at radius 1 is 1.17 bits per heavy atom. The number of methoxy groups -OCH3 is 1. The molecule has 1 aliphatic rings. The molecule has 2 aromatic rings. The first-order chi connectivity index (χ1) is 14.3. The van der Waals surface area contributed by atoms with Crippen molar-refractivity contribution in [3.05, 3.63) is 53.3 Å². The molecule has 0 aromatic heterocycles. The first kappa shape index (κ1) is 22.2. The first-order valence-electron chi connectivity index (χ1n) is 10.1. The number of carbonyl (C=O) groups is 1. The third-order valence-electron chi connectivity index (χ3n) is 5.43. The van der Waals surface area contributed by atoms with E-state index >= 15 is 0 Å². The quantitative estimate of drug-likeness (QED) is 0.639. The van der Waals surface area contributed by atoms with Crippen LogP contribution in [0, 0.1) is 5.82 Å². The molecule has 0 atom stereocenters. The van der Waals surface area contributed by atoms with Crippen LogP contribution in [0.1, 0.15) is 31.4 Å². The molecule has 2 aromatic carbocycles. The summed E-state index contributed by atoms with van der Waals surface area (Å²) in [5.74, 6) is -0.339. The molecule has 30 heavy (non-hydrogen) atoms. The second-order valence-corrected chi connectivity index (χ2v) is 9.08. The van der Waals surface area contributed by atoms with E-state index in [1.165, 1.54) is 17.5 Å². The molecular formula is C22H27FN2O4S. The van der Waals surface area contributed by atoms with Gasteiger partial charge in [-0.25, -0.2) is 12.8 Å². The van der Waals surface area contributed by atoms with Gasteiger partial charge in [0.25, 0.3) is 0 Å². The fourth-order valence-corrected chi connectivity index (χ4v) is 5.27. The molecular weight excluding hydrogens is 407 g/mol. The molecule has 1 aliphatic heterocycles. The Hall–Kier alpha value is -2.45. The van der Waals surface area contributed by atoms with Crippen molar-refractivity contribution >= 4 is 21.6 Å². The van der Waals surface area contributed by atoms with Crippen LogP contribution in [-0.4, -0.2) is 45.4 Å². The minimum atomic E-state index is -3.53. The smallest absolute Gasteiger partial charge is 0.243 e. The van der Waals surface area contributed by atoms with Gasteiger partial charge in [-0.1, -0.05) is 19.9 Å². The maximum Gasteiger partial charge on any atom is 0.243 e. The predicted octanol–water partition coefficient (Wildman–Crippen LogP) is 3.39. The highest BCUT2D eigenvalue weighted by molar-refractivity contribution is 7.89.